The van der Waals surface area contributed by atoms with Crippen LogP contribution in [0.2, 0.25) is 0 Å². The molecule has 3 amide bonds. The molecule has 2 N–H and O–H groups in total. The second kappa shape index (κ2) is 15.4. The molecule has 12 heteroatoms. The SMILES string of the molecule is CCN(CC)c1ccc(N2CC=C[C@]34O[C@@H]5/C=C\CCC(=O)N[C@H](COC)[C@@H](c6ccccc6)OC(=O)[C@@H]5[C@H]3C(=O)N([C@H](C)CO)[C@@H]4C2=O)cc1. The predicted octanol–water partition coefficient (Wildman–Crippen LogP) is 3.16. The van der Waals surface area contributed by atoms with E-state index in [1.165, 1.54) is 12.0 Å². The molecule has 12 nitrogen and oxygen atoms in total. The van der Waals surface area contributed by atoms with E-state index in [9.17, 15) is 24.3 Å². The largest absolute Gasteiger partial charge is 0.455 e. The summed E-state index contributed by atoms with van der Waals surface area (Å²) in [7, 11) is 1.51. The number of nitrogens with one attached hydrogen (secondary N) is 1. The van der Waals surface area contributed by atoms with Crippen molar-refractivity contribution in [3.05, 3.63) is 84.5 Å². The van der Waals surface area contributed by atoms with Crippen LogP contribution in [0.4, 0.5) is 11.4 Å². The number of nitrogens with zero attached hydrogens (tertiary/aromatic N) is 3. The summed E-state index contributed by atoms with van der Waals surface area (Å²) in [5.74, 6) is -4.03. The Bertz CT molecular complexity index is 1640. The van der Waals surface area contributed by atoms with Gasteiger partial charge in [-0.1, -0.05) is 54.6 Å². The lowest BCUT2D eigenvalue weighted by atomic mass is 9.77. The fourth-order valence-electron chi connectivity index (χ4n) is 8.06. The molecule has 4 aliphatic rings. The van der Waals surface area contributed by atoms with Crippen LogP contribution in [0.15, 0.2) is 78.9 Å². The van der Waals surface area contributed by atoms with Gasteiger partial charge in [-0.25, -0.2) is 0 Å². The molecule has 2 aromatic rings. The third-order valence-corrected chi connectivity index (χ3v) is 10.5. The number of hydrogen-bond donors (Lipinski definition) is 2. The van der Waals surface area contributed by atoms with Crippen molar-refractivity contribution in [2.24, 2.45) is 11.8 Å². The maximum atomic E-state index is 14.8. The predicted molar refractivity (Wildman–Crippen MR) is 191 cm³/mol. The molecule has 0 aliphatic carbocycles. The van der Waals surface area contributed by atoms with Gasteiger partial charge >= 0.3 is 5.97 Å². The number of likely N-dealkylation sites (tertiary alicyclic amines) is 1. The lowest BCUT2D eigenvalue weighted by Crippen LogP contribution is -2.57. The number of esters is 1. The van der Waals surface area contributed by atoms with Crippen LogP contribution in [0, 0.1) is 11.8 Å². The number of methoxy groups -OCH3 is 1. The average Bonchev–Trinajstić information content (AvgIpc) is 3.53. The minimum atomic E-state index is -1.53. The van der Waals surface area contributed by atoms with Gasteiger partial charge in [0.05, 0.1) is 37.3 Å². The van der Waals surface area contributed by atoms with Gasteiger partial charge in [-0.3, -0.25) is 19.2 Å². The lowest BCUT2D eigenvalue weighted by molar-refractivity contribution is -0.162. The zero-order valence-electron chi connectivity index (χ0n) is 29.6. The minimum Gasteiger partial charge on any atom is -0.455 e. The van der Waals surface area contributed by atoms with E-state index >= 15 is 0 Å². The molecule has 0 bridgehead atoms. The molecule has 8 atom stereocenters. The van der Waals surface area contributed by atoms with E-state index in [4.69, 9.17) is 14.2 Å². The molecular weight excluding hydrogens is 652 g/mol. The molecule has 2 fully saturated rings. The highest BCUT2D eigenvalue weighted by Gasteiger charge is 2.72. The Balaban J connectivity index is 1.42. The molecule has 4 heterocycles. The average molecular weight is 701 g/mol. The van der Waals surface area contributed by atoms with Crippen molar-refractivity contribution in [3.8, 4) is 0 Å². The van der Waals surface area contributed by atoms with Crippen molar-refractivity contribution >= 4 is 35.1 Å². The molecular formula is C39H48N4O8. The number of aliphatic hydroxyl groups is 1. The van der Waals surface area contributed by atoms with Gasteiger partial charge in [0.25, 0.3) is 5.91 Å². The molecule has 51 heavy (non-hydrogen) atoms. The number of hydrogen-bond acceptors (Lipinski definition) is 9. The Hall–Kier alpha value is -4.52. The molecule has 2 saturated heterocycles. The molecule has 0 unspecified atom stereocenters. The zero-order chi connectivity index (χ0) is 36.3. The van der Waals surface area contributed by atoms with Crippen LogP contribution in [0.1, 0.15) is 45.3 Å². The van der Waals surface area contributed by atoms with Crippen LogP contribution in [-0.2, 0) is 33.4 Å². The van der Waals surface area contributed by atoms with Crippen molar-refractivity contribution in [1.82, 2.24) is 10.2 Å². The number of aliphatic hydroxyl groups excluding tert-OH is 1. The highest BCUT2D eigenvalue weighted by molar-refractivity contribution is 6.05. The molecule has 4 aliphatic heterocycles. The topological polar surface area (TPSA) is 138 Å². The van der Waals surface area contributed by atoms with Crippen LogP contribution >= 0.6 is 0 Å². The number of anilines is 2. The highest BCUT2D eigenvalue weighted by Crippen LogP contribution is 2.54. The fourth-order valence-corrected chi connectivity index (χ4v) is 8.06. The smallest absolute Gasteiger partial charge is 0.313 e. The maximum absolute atomic E-state index is 14.8. The number of fused-ring (bicyclic) bond motifs is 2. The number of ether oxygens (including phenoxy) is 3. The van der Waals surface area contributed by atoms with E-state index in [-0.39, 0.29) is 31.4 Å². The van der Waals surface area contributed by atoms with Crippen molar-refractivity contribution in [2.45, 2.75) is 69.5 Å². The number of carbonyl (C=O) groups is 4. The summed E-state index contributed by atoms with van der Waals surface area (Å²) in [5, 5.41) is 13.3. The molecule has 2 aromatic carbocycles. The van der Waals surface area contributed by atoms with Crippen molar-refractivity contribution in [3.63, 3.8) is 0 Å². The normalized spacial score (nSPS) is 30.6. The lowest BCUT2D eigenvalue weighted by Gasteiger charge is -2.37. The third kappa shape index (κ3) is 6.68. The van der Waals surface area contributed by atoms with Crippen LogP contribution in [0.5, 0.6) is 0 Å². The van der Waals surface area contributed by atoms with E-state index in [1.54, 1.807) is 42.2 Å². The Morgan fingerprint density at radius 3 is 2.41 bits per heavy atom. The van der Waals surface area contributed by atoms with Gasteiger partial charge in [0.2, 0.25) is 11.8 Å². The third-order valence-electron chi connectivity index (χ3n) is 10.5. The van der Waals surface area contributed by atoms with E-state index < -0.39 is 66.3 Å². The van der Waals surface area contributed by atoms with Crippen LogP contribution < -0.4 is 15.1 Å². The summed E-state index contributed by atoms with van der Waals surface area (Å²) >= 11 is 0. The summed E-state index contributed by atoms with van der Waals surface area (Å²) in [6.07, 6.45) is 5.70. The zero-order valence-corrected chi connectivity index (χ0v) is 29.6. The standard InChI is InChI=1S/C39H48N4O8/c1-5-41(6-2)27-17-19-28(20-18-27)42-22-12-21-39-33(36(46)43(25(3)23-44)35(39)37(42)47)32-30(51-39)15-10-11-16-31(45)40-29(24-49-4)34(50-38(32)48)26-13-8-7-9-14-26/h7-10,12-15,17-21,25,29-30,32-35,44H,5-6,11,16,22-24H2,1-4H3,(H,40,45)/b15-10-/t25-,29-,30-,32+,33+,34-,35-,39+/m1/s1. The van der Waals surface area contributed by atoms with E-state index in [1.807, 2.05) is 48.5 Å². The van der Waals surface area contributed by atoms with Gasteiger partial charge < -0.3 is 39.3 Å². The van der Waals surface area contributed by atoms with Gasteiger partial charge in [0, 0.05) is 44.5 Å². The van der Waals surface area contributed by atoms with Crippen LogP contribution in [-0.4, -0.2) is 103 Å². The molecule has 1 spiro atoms. The summed E-state index contributed by atoms with van der Waals surface area (Å²) in [6.45, 7) is 7.41. The van der Waals surface area contributed by atoms with Crippen molar-refractivity contribution in [1.29, 1.82) is 0 Å². The van der Waals surface area contributed by atoms with Crippen LogP contribution in [0.25, 0.3) is 0 Å². The monoisotopic (exact) mass is 700 g/mol. The number of amides is 3. The number of benzene rings is 2. The Labute approximate surface area is 299 Å². The molecule has 0 aromatic heterocycles. The second-order valence-corrected chi connectivity index (χ2v) is 13.5. The number of carbonyl (C=O) groups excluding carboxylic acids is 4. The van der Waals surface area contributed by atoms with E-state index in [0.29, 0.717) is 17.7 Å². The molecule has 0 radical (unpaired) electrons. The second-order valence-electron chi connectivity index (χ2n) is 13.5. The summed E-state index contributed by atoms with van der Waals surface area (Å²) < 4.78 is 18.6. The summed E-state index contributed by atoms with van der Waals surface area (Å²) in [4.78, 5) is 62.3. The first-order valence-electron chi connectivity index (χ1n) is 17.8. The van der Waals surface area contributed by atoms with Gasteiger partial charge in [0.1, 0.15) is 23.7 Å². The first-order valence-corrected chi connectivity index (χ1v) is 17.8. The van der Waals surface area contributed by atoms with E-state index in [0.717, 1.165) is 18.8 Å². The van der Waals surface area contributed by atoms with Crippen molar-refractivity contribution in [2.75, 3.05) is 49.8 Å². The molecule has 272 valence electrons. The number of cyclic esters (lactones) is 1. The highest BCUT2D eigenvalue weighted by atomic mass is 16.6. The summed E-state index contributed by atoms with van der Waals surface area (Å²) in [6, 6.07) is 14.2. The fraction of sp³-hybridized carbons (Fsp3) is 0.487. The van der Waals surface area contributed by atoms with Gasteiger partial charge in [0.15, 0.2) is 0 Å². The van der Waals surface area contributed by atoms with Gasteiger partial charge in [-0.05, 0) is 57.0 Å². The maximum Gasteiger partial charge on any atom is 0.313 e. The van der Waals surface area contributed by atoms with Crippen LogP contribution in [0.3, 0.4) is 0 Å². The molecule has 0 saturated carbocycles. The number of allylic oxidation sites excluding steroid dienone is 1. The first-order chi connectivity index (χ1) is 24.7. The van der Waals surface area contributed by atoms with Crippen molar-refractivity contribution < 1.29 is 38.5 Å². The number of rotatable bonds is 9. The quantitative estimate of drug-likeness (QED) is 0.299. The Morgan fingerprint density at radius 1 is 1.02 bits per heavy atom. The summed E-state index contributed by atoms with van der Waals surface area (Å²) in [5.41, 5.74) is 0.793. The minimum absolute atomic E-state index is 0.0676. The van der Waals surface area contributed by atoms with E-state index in [2.05, 4.69) is 24.1 Å². The Morgan fingerprint density at radius 2 is 1.75 bits per heavy atom. The Kier molecular flexibility index (Phi) is 10.9. The molecule has 6 rings (SSSR count). The van der Waals surface area contributed by atoms with Gasteiger partial charge in [-0.15, -0.1) is 0 Å². The first kappa shape index (κ1) is 36.3. The van der Waals surface area contributed by atoms with Gasteiger partial charge in [-0.2, -0.15) is 0 Å².